The van der Waals surface area contributed by atoms with Crippen LogP contribution >= 0.6 is 0 Å². The van der Waals surface area contributed by atoms with Crippen molar-refractivity contribution in [3.63, 3.8) is 0 Å². The Balaban J connectivity index is 2.06. The Labute approximate surface area is 132 Å². The van der Waals surface area contributed by atoms with E-state index in [1.165, 1.54) is 7.11 Å². The number of para-hydroxylation sites is 1. The van der Waals surface area contributed by atoms with Crippen LogP contribution in [0.4, 0.5) is 0 Å². The molecule has 0 aliphatic rings. The fraction of sp³-hybridized carbons (Fsp3) is 0.500. The first-order valence-corrected chi connectivity index (χ1v) is 11.2. The number of nitrogens with zero attached hydrogens (tertiary/aromatic N) is 2. The highest BCUT2D eigenvalue weighted by Gasteiger charge is 2.13. The van der Waals surface area contributed by atoms with Gasteiger partial charge in [-0.1, -0.05) is 31.8 Å². The van der Waals surface area contributed by atoms with Crippen LogP contribution in [0.5, 0.6) is 0 Å². The van der Waals surface area contributed by atoms with Crippen LogP contribution in [-0.2, 0) is 27.4 Å². The van der Waals surface area contributed by atoms with E-state index in [1.807, 2.05) is 22.8 Å². The highest BCUT2D eigenvalue weighted by Crippen LogP contribution is 2.18. The average molecular weight is 320 g/mol. The molecule has 0 amide bonds. The smallest absolute Gasteiger partial charge is 0.310 e. The summed E-state index contributed by atoms with van der Waals surface area (Å²) in [7, 11) is 0.330. The summed E-state index contributed by atoms with van der Waals surface area (Å²) in [5.41, 5.74) is 2.70. The molecule has 6 heteroatoms. The van der Waals surface area contributed by atoms with E-state index in [2.05, 4.69) is 24.6 Å². The van der Waals surface area contributed by atoms with Crippen LogP contribution in [0.3, 0.4) is 0 Å². The van der Waals surface area contributed by atoms with Crippen molar-refractivity contribution in [2.24, 2.45) is 0 Å². The minimum absolute atomic E-state index is 0.237. The highest BCUT2D eigenvalue weighted by atomic mass is 28.3. The molecule has 0 aliphatic carbocycles. The van der Waals surface area contributed by atoms with Crippen molar-refractivity contribution < 1.29 is 14.3 Å². The Hall–Kier alpha value is -1.66. The second-order valence-corrected chi connectivity index (χ2v) is 12.2. The number of ether oxygens (including phenoxy) is 2. The third-order valence-electron chi connectivity index (χ3n) is 3.52. The number of benzene rings is 1. The first-order chi connectivity index (χ1) is 10.4. The number of methoxy groups -OCH3 is 1. The maximum atomic E-state index is 11.5. The lowest BCUT2D eigenvalue weighted by molar-refractivity contribution is -0.139. The van der Waals surface area contributed by atoms with Gasteiger partial charge in [0, 0.05) is 14.7 Å². The summed E-state index contributed by atoms with van der Waals surface area (Å²) >= 11 is 0. The van der Waals surface area contributed by atoms with Crippen molar-refractivity contribution in [1.29, 1.82) is 0 Å². The lowest BCUT2D eigenvalue weighted by Gasteiger charge is -2.15. The number of imidazole rings is 1. The largest absolute Gasteiger partial charge is 0.469 e. The zero-order chi connectivity index (χ0) is 16.2. The van der Waals surface area contributed by atoms with Crippen molar-refractivity contribution in [2.75, 3.05) is 13.7 Å². The molecule has 1 heterocycles. The molecule has 0 spiro atoms. The zero-order valence-corrected chi connectivity index (χ0v) is 14.8. The molecule has 0 bridgehead atoms. The van der Waals surface area contributed by atoms with Gasteiger partial charge in [0.1, 0.15) is 6.73 Å². The lowest BCUT2D eigenvalue weighted by atomic mass is 10.1. The van der Waals surface area contributed by atoms with E-state index < -0.39 is 8.07 Å². The summed E-state index contributed by atoms with van der Waals surface area (Å²) in [6.07, 6.45) is 2.00. The second kappa shape index (κ2) is 7.06. The summed E-state index contributed by atoms with van der Waals surface area (Å²) in [4.78, 5) is 15.9. The first kappa shape index (κ1) is 16.7. The predicted molar refractivity (Wildman–Crippen MR) is 89.6 cm³/mol. The Bertz CT molecular complexity index is 646. The molecule has 0 atom stereocenters. The summed E-state index contributed by atoms with van der Waals surface area (Å²) in [5, 5.41) is 0. The summed E-state index contributed by atoms with van der Waals surface area (Å²) in [6.45, 7) is 8.27. The maximum absolute atomic E-state index is 11.5. The van der Waals surface area contributed by atoms with Crippen LogP contribution in [-0.4, -0.2) is 37.3 Å². The molecule has 0 aliphatic heterocycles. The molecule has 1 aromatic carbocycles. The second-order valence-electron chi connectivity index (χ2n) is 6.60. The Morgan fingerprint density at radius 3 is 2.77 bits per heavy atom. The molecule has 0 saturated carbocycles. The minimum atomic E-state index is -1.07. The molecular weight excluding hydrogens is 296 g/mol. The minimum Gasteiger partial charge on any atom is -0.469 e. The Morgan fingerprint density at radius 2 is 2.09 bits per heavy atom. The van der Waals surface area contributed by atoms with E-state index >= 15 is 0 Å². The topological polar surface area (TPSA) is 53.3 Å². The molecule has 0 saturated heterocycles. The molecule has 120 valence electrons. The van der Waals surface area contributed by atoms with Gasteiger partial charge in [-0.3, -0.25) is 4.79 Å². The van der Waals surface area contributed by atoms with Gasteiger partial charge in [0.15, 0.2) is 0 Å². The summed E-state index contributed by atoms with van der Waals surface area (Å²) < 4.78 is 12.5. The fourth-order valence-corrected chi connectivity index (χ4v) is 2.92. The van der Waals surface area contributed by atoms with E-state index in [0.29, 0.717) is 6.73 Å². The number of carbonyl (C=O) groups is 1. The van der Waals surface area contributed by atoms with Gasteiger partial charge in [0.05, 0.1) is 30.9 Å². The van der Waals surface area contributed by atoms with E-state index in [1.54, 1.807) is 6.33 Å². The van der Waals surface area contributed by atoms with E-state index in [9.17, 15) is 4.79 Å². The number of esters is 1. The monoisotopic (exact) mass is 320 g/mol. The number of hydrogen-bond acceptors (Lipinski definition) is 4. The number of rotatable bonds is 7. The molecule has 0 unspecified atom stereocenters. The van der Waals surface area contributed by atoms with Crippen LogP contribution in [0.25, 0.3) is 11.0 Å². The third kappa shape index (κ3) is 4.41. The Kier molecular flexibility index (Phi) is 5.36. The fourth-order valence-electron chi connectivity index (χ4n) is 2.16. The standard InChI is InChI=1S/C16H24N2O3Si/c1-20-15(19)10-13-6-5-7-14-16(13)17-11-18(14)12-21-8-9-22(2,3)4/h5-7,11H,8-10,12H2,1-4H3. The van der Waals surface area contributed by atoms with Crippen molar-refractivity contribution in [1.82, 2.24) is 9.55 Å². The van der Waals surface area contributed by atoms with Crippen LogP contribution in [0, 0.1) is 0 Å². The highest BCUT2D eigenvalue weighted by molar-refractivity contribution is 6.76. The average Bonchev–Trinajstić information content (AvgIpc) is 2.87. The van der Waals surface area contributed by atoms with Gasteiger partial charge in [-0.05, 0) is 17.7 Å². The van der Waals surface area contributed by atoms with Crippen molar-refractivity contribution in [2.45, 2.75) is 38.8 Å². The number of fused-ring (bicyclic) bond motifs is 1. The molecule has 0 radical (unpaired) electrons. The lowest BCUT2D eigenvalue weighted by Crippen LogP contribution is -2.21. The SMILES string of the molecule is COC(=O)Cc1cccc2c1ncn2COCC[Si](C)(C)C. The van der Waals surface area contributed by atoms with Gasteiger partial charge in [0.2, 0.25) is 0 Å². The molecule has 0 fully saturated rings. The molecule has 22 heavy (non-hydrogen) atoms. The van der Waals surface area contributed by atoms with Crippen molar-refractivity contribution >= 4 is 25.1 Å². The zero-order valence-electron chi connectivity index (χ0n) is 13.8. The quantitative estimate of drug-likeness (QED) is 0.447. The maximum Gasteiger partial charge on any atom is 0.310 e. The molecule has 5 nitrogen and oxygen atoms in total. The van der Waals surface area contributed by atoms with E-state index in [-0.39, 0.29) is 12.4 Å². The normalized spacial score (nSPS) is 11.8. The molecule has 0 N–H and O–H groups in total. The van der Waals surface area contributed by atoms with E-state index in [4.69, 9.17) is 9.47 Å². The first-order valence-electron chi connectivity index (χ1n) is 7.48. The van der Waals surface area contributed by atoms with Crippen LogP contribution in [0.1, 0.15) is 5.56 Å². The van der Waals surface area contributed by atoms with Gasteiger partial charge in [0.25, 0.3) is 0 Å². The Morgan fingerprint density at radius 1 is 1.32 bits per heavy atom. The van der Waals surface area contributed by atoms with Gasteiger partial charge < -0.3 is 14.0 Å². The summed E-state index contributed by atoms with van der Waals surface area (Å²) in [5.74, 6) is -0.256. The van der Waals surface area contributed by atoms with Crippen LogP contribution in [0.15, 0.2) is 24.5 Å². The van der Waals surface area contributed by atoms with Gasteiger partial charge in [-0.15, -0.1) is 0 Å². The number of aromatic nitrogens is 2. The van der Waals surface area contributed by atoms with E-state index in [0.717, 1.165) is 29.2 Å². The van der Waals surface area contributed by atoms with Crippen LogP contribution in [0.2, 0.25) is 25.7 Å². The number of hydrogen-bond donors (Lipinski definition) is 0. The molecule has 1 aromatic heterocycles. The molecule has 2 rings (SSSR count). The summed E-state index contributed by atoms with van der Waals surface area (Å²) in [6, 6.07) is 6.97. The van der Waals surface area contributed by atoms with Gasteiger partial charge in [-0.25, -0.2) is 4.98 Å². The van der Waals surface area contributed by atoms with Gasteiger partial charge in [-0.2, -0.15) is 0 Å². The van der Waals surface area contributed by atoms with Crippen LogP contribution < -0.4 is 0 Å². The molecular formula is C16H24N2O3Si. The van der Waals surface area contributed by atoms with Crippen molar-refractivity contribution in [3.8, 4) is 0 Å². The van der Waals surface area contributed by atoms with Crippen molar-refractivity contribution in [3.05, 3.63) is 30.1 Å². The van der Waals surface area contributed by atoms with Gasteiger partial charge >= 0.3 is 5.97 Å². The predicted octanol–water partition coefficient (Wildman–Crippen LogP) is 3.06. The molecule has 2 aromatic rings. The number of carbonyl (C=O) groups excluding carboxylic acids is 1. The third-order valence-corrected chi connectivity index (χ3v) is 5.23.